The lowest BCUT2D eigenvalue weighted by molar-refractivity contribution is -0.126. The molecule has 1 aromatic carbocycles. The zero-order valence-electron chi connectivity index (χ0n) is 18.3. The summed E-state index contributed by atoms with van der Waals surface area (Å²) in [4.78, 5) is 41.8. The largest absolute Gasteiger partial charge is 0.355 e. The molecule has 1 atom stereocenters. The van der Waals surface area contributed by atoms with Crippen LogP contribution in [0.25, 0.3) is 0 Å². The van der Waals surface area contributed by atoms with Crippen molar-refractivity contribution in [3.63, 3.8) is 0 Å². The van der Waals surface area contributed by atoms with Gasteiger partial charge in [-0.1, -0.05) is 11.3 Å². The Morgan fingerprint density at radius 2 is 1.76 bits per heavy atom. The summed E-state index contributed by atoms with van der Waals surface area (Å²) in [5.74, 6) is -1.54. The standard InChI is InChI=1S/C22H27FN6O3S/c23-16-5-7-17(8-6-16)25-19(31)20-26-27-21(33-20)22(32)29-12-3-4-15(14-29)18(30)24-9-13-28-10-1-2-11-28/h5-8,15H,1-4,9-14H2,(H,24,30)(H,25,31)/t15-/m0/s1. The van der Waals surface area contributed by atoms with E-state index in [-0.39, 0.29) is 27.7 Å². The number of carbonyl (C=O) groups excluding carboxylic acids is 3. The second kappa shape index (κ2) is 10.8. The lowest BCUT2D eigenvalue weighted by Gasteiger charge is -2.31. The molecule has 2 fully saturated rings. The van der Waals surface area contributed by atoms with E-state index in [1.807, 2.05) is 0 Å². The second-order valence-corrected chi connectivity index (χ2v) is 9.28. The van der Waals surface area contributed by atoms with E-state index in [1.165, 1.54) is 37.1 Å². The number of likely N-dealkylation sites (tertiary alicyclic amines) is 2. The second-order valence-electron chi connectivity index (χ2n) is 8.30. The van der Waals surface area contributed by atoms with Gasteiger partial charge in [-0.15, -0.1) is 10.2 Å². The molecule has 4 rings (SSSR count). The maximum atomic E-state index is 13.0. The van der Waals surface area contributed by atoms with E-state index in [0.29, 0.717) is 25.3 Å². The summed E-state index contributed by atoms with van der Waals surface area (Å²) in [7, 11) is 0. The van der Waals surface area contributed by atoms with Crippen LogP contribution in [-0.2, 0) is 4.79 Å². The molecule has 2 aliphatic heterocycles. The minimum Gasteiger partial charge on any atom is -0.355 e. The van der Waals surface area contributed by atoms with Crippen LogP contribution in [0, 0.1) is 11.7 Å². The van der Waals surface area contributed by atoms with Crippen molar-refractivity contribution in [2.45, 2.75) is 25.7 Å². The molecule has 2 aliphatic rings. The summed E-state index contributed by atoms with van der Waals surface area (Å²) in [6.45, 7) is 4.51. The summed E-state index contributed by atoms with van der Waals surface area (Å²) in [5, 5.41) is 13.5. The van der Waals surface area contributed by atoms with Crippen molar-refractivity contribution in [2.75, 3.05) is 44.6 Å². The van der Waals surface area contributed by atoms with Crippen LogP contribution in [0.15, 0.2) is 24.3 Å². The third-order valence-corrected chi connectivity index (χ3v) is 6.82. The highest BCUT2D eigenvalue weighted by atomic mass is 32.1. The number of carbonyl (C=O) groups is 3. The molecule has 1 aromatic heterocycles. The molecule has 176 valence electrons. The number of hydrogen-bond donors (Lipinski definition) is 2. The SMILES string of the molecule is O=C(Nc1ccc(F)cc1)c1nnc(C(=O)N2CCC[C@H](C(=O)NCCN3CCCC3)C2)s1. The van der Waals surface area contributed by atoms with Gasteiger partial charge < -0.3 is 20.4 Å². The number of nitrogens with one attached hydrogen (secondary N) is 2. The van der Waals surface area contributed by atoms with Gasteiger partial charge in [0, 0.05) is 31.9 Å². The minimum absolute atomic E-state index is 0.0247. The predicted molar refractivity (Wildman–Crippen MR) is 122 cm³/mol. The zero-order chi connectivity index (χ0) is 23.2. The number of hydrogen-bond acceptors (Lipinski definition) is 7. The molecule has 3 heterocycles. The van der Waals surface area contributed by atoms with Crippen LogP contribution in [-0.4, -0.2) is 77.0 Å². The van der Waals surface area contributed by atoms with Crippen LogP contribution < -0.4 is 10.6 Å². The predicted octanol–water partition coefficient (Wildman–Crippen LogP) is 1.99. The van der Waals surface area contributed by atoms with Crippen molar-refractivity contribution in [3.8, 4) is 0 Å². The third kappa shape index (κ3) is 6.11. The van der Waals surface area contributed by atoms with Crippen molar-refractivity contribution >= 4 is 34.7 Å². The molecule has 0 saturated carbocycles. The molecular weight excluding hydrogens is 447 g/mol. The minimum atomic E-state index is -0.521. The summed E-state index contributed by atoms with van der Waals surface area (Å²) in [6, 6.07) is 5.34. The van der Waals surface area contributed by atoms with E-state index < -0.39 is 11.7 Å². The van der Waals surface area contributed by atoms with E-state index in [1.54, 1.807) is 4.90 Å². The number of anilines is 1. The van der Waals surface area contributed by atoms with Crippen LogP contribution in [0.1, 0.15) is 45.3 Å². The van der Waals surface area contributed by atoms with E-state index >= 15 is 0 Å². The molecule has 0 unspecified atom stereocenters. The normalized spacial score (nSPS) is 18.8. The summed E-state index contributed by atoms with van der Waals surface area (Å²) >= 11 is 0.897. The van der Waals surface area contributed by atoms with Gasteiger partial charge in [0.1, 0.15) is 5.82 Å². The molecule has 3 amide bonds. The van der Waals surface area contributed by atoms with Crippen LogP contribution >= 0.6 is 11.3 Å². The van der Waals surface area contributed by atoms with Crippen molar-refractivity contribution < 1.29 is 18.8 Å². The first-order chi connectivity index (χ1) is 16.0. The van der Waals surface area contributed by atoms with Gasteiger partial charge in [-0.05, 0) is 63.0 Å². The Morgan fingerprint density at radius 1 is 1.03 bits per heavy atom. The number of piperidine rings is 1. The first-order valence-electron chi connectivity index (χ1n) is 11.2. The van der Waals surface area contributed by atoms with Crippen molar-refractivity contribution in [3.05, 3.63) is 40.1 Å². The summed E-state index contributed by atoms with van der Waals surface area (Å²) < 4.78 is 13.0. The third-order valence-electron chi connectivity index (χ3n) is 5.91. The van der Waals surface area contributed by atoms with Crippen molar-refractivity contribution in [1.29, 1.82) is 0 Å². The van der Waals surface area contributed by atoms with Gasteiger partial charge >= 0.3 is 0 Å². The highest BCUT2D eigenvalue weighted by molar-refractivity contribution is 7.15. The van der Waals surface area contributed by atoms with Gasteiger partial charge in [-0.2, -0.15) is 0 Å². The Hall–Kier alpha value is -2.92. The topological polar surface area (TPSA) is 108 Å². The van der Waals surface area contributed by atoms with Crippen LogP contribution in [0.5, 0.6) is 0 Å². The fraction of sp³-hybridized carbons (Fsp3) is 0.500. The maximum Gasteiger partial charge on any atom is 0.286 e. The fourth-order valence-electron chi connectivity index (χ4n) is 4.12. The Bertz CT molecular complexity index is 992. The molecular formula is C22H27FN6O3S. The molecule has 0 radical (unpaired) electrons. The lowest BCUT2D eigenvalue weighted by Crippen LogP contribution is -2.46. The van der Waals surface area contributed by atoms with E-state index in [2.05, 4.69) is 25.7 Å². The van der Waals surface area contributed by atoms with Crippen LogP contribution in [0.3, 0.4) is 0 Å². The molecule has 9 nitrogen and oxygen atoms in total. The number of nitrogens with zero attached hydrogens (tertiary/aromatic N) is 4. The molecule has 2 N–H and O–H groups in total. The van der Waals surface area contributed by atoms with Gasteiger partial charge in [0.05, 0.1) is 5.92 Å². The quantitative estimate of drug-likeness (QED) is 0.636. The first-order valence-corrected chi connectivity index (χ1v) is 12.0. The van der Waals surface area contributed by atoms with Gasteiger partial charge in [0.2, 0.25) is 15.9 Å². The van der Waals surface area contributed by atoms with Crippen molar-refractivity contribution in [2.24, 2.45) is 5.92 Å². The van der Waals surface area contributed by atoms with E-state index in [9.17, 15) is 18.8 Å². The Kier molecular flexibility index (Phi) is 7.61. The van der Waals surface area contributed by atoms with Crippen LogP contribution in [0.2, 0.25) is 0 Å². The maximum absolute atomic E-state index is 13.0. The number of halogens is 1. The average molecular weight is 475 g/mol. The number of rotatable bonds is 7. The Labute approximate surface area is 195 Å². The average Bonchev–Trinajstić information content (AvgIpc) is 3.53. The van der Waals surface area contributed by atoms with Gasteiger partial charge in [-0.25, -0.2) is 4.39 Å². The molecule has 0 spiro atoms. The number of aromatic nitrogens is 2. The molecule has 2 aromatic rings. The molecule has 33 heavy (non-hydrogen) atoms. The molecule has 0 aliphatic carbocycles. The van der Waals surface area contributed by atoms with Crippen LogP contribution in [0.4, 0.5) is 10.1 Å². The summed E-state index contributed by atoms with van der Waals surface area (Å²) in [6.07, 6.45) is 3.90. The van der Waals surface area contributed by atoms with E-state index in [0.717, 1.165) is 43.8 Å². The molecule has 0 bridgehead atoms. The molecule has 11 heteroatoms. The first kappa shape index (κ1) is 23.2. The monoisotopic (exact) mass is 474 g/mol. The Morgan fingerprint density at radius 3 is 2.52 bits per heavy atom. The highest BCUT2D eigenvalue weighted by Crippen LogP contribution is 2.21. The number of amides is 3. The number of benzene rings is 1. The van der Waals surface area contributed by atoms with Gasteiger partial charge in [0.15, 0.2) is 0 Å². The summed E-state index contributed by atoms with van der Waals surface area (Å²) in [5.41, 5.74) is 0.416. The van der Waals surface area contributed by atoms with Gasteiger partial charge in [0.25, 0.3) is 11.8 Å². The van der Waals surface area contributed by atoms with Gasteiger partial charge in [-0.3, -0.25) is 14.4 Å². The van der Waals surface area contributed by atoms with E-state index in [4.69, 9.17) is 0 Å². The molecule has 2 saturated heterocycles. The highest BCUT2D eigenvalue weighted by Gasteiger charge is 2.31. The fourth-order valence-corrected chi connectivity index (χ4v) is 4.82. The smallest absolute Gasteiger partial charge is 0.286 e. The zero-order valence-corrected chi connectivity index (χ0v) is 19.1. The Balaban J connectivity index is 1.29. The van der Waals surface area contributed by atoms with Crippen molar-refractivity contribution in [1.82, 2.24) is 25.3 Å². The lowest BCUT2D eigenvalue weighted by atomic mass is 9.97.